The molecule has 0 atom stereocenters. The Hall–Kier alpha value is -4.19. The Bertz CT molecular complexity index is 1560. The summed E-state index contributed by atoms with van der Waals surface area (Å²) in [5.74, 6) is 0.183. The van der Waals surface area contributed by atoms with E-state index in [4.69, 9.17) is 4.74 Å². The fraction of sp³-hybridized carbons (Fsp3) is 0.433. The average molecular weight is 582 g/mol. The molecule has 1 saturated heterocycles. The van der Waals surface area contributed by atoms with Crippen molar-refractivity contribution in [2.24, 2.45) is 0 Å². The van der Waals surface area contributed by atoms with Crippen molar-refractivity contribution in [2.75, 3.05) is 39.3 Å². The molecular formula is C30H33F2N5O5. The van der Waals surface area contributed by atoms with Gasteiger partial charge >= 0.3 is 12.4 Å². The van der Waals surface area contributed by atoms with Crippen LogP contribution in [0.4, 0.5) is 13.6 Å². The number of imidazole rings is 1. The molecule has 2 aromatic carbocycles. The summed E-state index contributed by atoms with van der Waals surface area (Å²) in [6.45, 7) is 9.46. The van der Waals surface area contributed by atoms with Crippen LogP contribution in [0.3, 0.4) is 0 Å². The van der Waals surface area contributed by atoms with Gasteiger partial charge in [-0.2, -0.15) is 0 Å². The van der Waals surface area contributed by atoms with Gasteiger partial charge in [-0.1, -0.05) is 18.2 Å². The number of hydrogen-bond acceptors (Lipinski definition) is 7. The number of nitrogens with zero attached hydrogens (tertiary/aromatic N) is 4. The molecule has 6 rings (SSSR count). The molecule has 3 aromatic rings. The number of halogens is 2. The molecule has 1 fully saturated rings. The number of carbonyl (C=O) groups is 2. The predicted molar refractivity (Wildman–Crippen MR) is 150 cm³/mol. The smallest absolute Gasteiger partial charge is 0.444 e. The monoisotopic (exact) mass is 581 g/mol. The third-order valence-corrected chi connectivity index (χ3v) is 7.45. The fourth-order valence-electron chi connectivity index (χ4n) is 5.34. The molecule has 12 heteroatoms. The second-order valence-electron chi connectivity index (χ2n) is 11.7. The first kappa shape index (κ1) is 28.0. The zero-order valence-corrected chi connectivity index (χ0v) is 23.8. The number of hydrogen-bond donors (Lipinski definition) is 1. The minimum atomic E-state index is -3.64. The number of benzene rings is 2. The fourth-order valence-corrected chi connectivity index (χ4v) is 5.34. The lowest BCUT2D eigenvalue weighted by Gasteiger charge is -2.34. The number of H-pyrrole nitrogens is 1. The number of carbonyl (C=O) groups excluding carboxylic acids is 2. The van der Waals surface area contributed by atoms with Gasteiger partial charge in [-0.3, -0.25) is 9.69 Å². The van der Waals surface area contributed by atoms with E-state index in [1.165, 1.54) is 6.07 Å². The molecule has 0 radical (unpaired) electrons. The van der Waals surface area contributed by atoms with Gasteiger partial charge in [-0.25, -0.2) is 9.78 Å². The minimum absolute atomic E-state index is 0.0254. The van der Waals surface area contributed by atoms with Crippen LogP contribution in [0, 0.1) is 0 Å². The summed E-state index contributed by atoms with van der Waals surface area (Å²) in [5, 5.41) is 0. The molecule has 0 aliphatic carbocycles. The van der Waals surface area contributed by atoms with E-state index in [9.17, 15) is 18.4 Å². The minimum Gasteiger partial charge on any atom is -0.444 e. The number of fused-ring (bicyclic) bond motifs is 2. The van der Waals surface area contributed by atoms with Crippen molar-refractivity contribution in [3.05, 3.63) is 59.4 Å². The summed E-state index contributed by atoms with van der Waals surface area (Å²) in [7, 11) is 0. The van der Waals surface area contributed by atoms with Gasteiger partial charge in [0.2, 0.25) is 0 Å². The van der Waals surface area contributed by atoms with Gasteiger partial charge in [0.1, 0.15) is 5.60 Å². The number of nitrogens with one attached hydrogen (secondary N) is 1. The molecule has 1 N–H and O–H groups in total. The Labute approximate surface area is 241 Å². The Kier molecular flexibility index (Phi) is 7.04. The van der Waals surface area contributed by atoms with Crippen LogP contribution < -0.4 is 9.47 Å². The van der Waals surface area contributed by atoms with Crippen LogP contribution in [0.15, 0.2) is 42.5 Å². The first-order valence-corrected chi connectivity index (χ1v) is 14.0. The van der Waals surface area contributed by atoms with E-state index in [1.54, 1.807) is 21.9 Å². The predicted octanol–water partition coefficient (Wildman–Crippen LogP) is 4.87. The summed E-state index contributed by atoms with van der Waals surface area (Å²) < 4.78 is 41.1. The van der Waals surface area contributed by atoms with Crippen molar-refractivity contribution in [2.45, 2.75) is 45.6 Å². The molecule has 3 aliphatic heterocycles. The van der Waals surface area contributed by atoms with Crippen molar-refractivity contribution in [1.29, 1.82) is 0 Å². The SMILES string of the molecule is CC(C)(C)OC(=O)N1CC=C(c2ccc3nc(C(=O)N4CCN(Cc5ccc6c(c5)OC(F)(F)O6)CC4)[nH]c3c2)CC1. The van der Waals surface area contributed by atoms with E-state index in [0.29, 0.717) is 63.6 Å². The third kappa shape index (κ3) is 6.03. The molecule has 3 aliphatic rings. The highest BCUT2D eigenvalue weighted by Crippen LogP contribution is 2.41. The largest absolute Gasteiger partial charge is 0.586 e. The van der Waals surface area contributed by atoms with E-state index in [1.807, 2.05) is 45.0 Å². The molecule has 1 aromatic heterocycles. The van der Waals surface area contributed by atoms with Crippen LogP contribution in [0.2, 0.25) is 0 Å². The van der Waals surface area contributed by atoms with Crippen molar-refractivity contribution < 1.29 is 32.6 Å². The van der Waals surface area contributed by atoms with E-state index in [0.717, 1.165) is 22.2 Å². The van der Waals surface area contributed by atoms with Crippen molar-refractivity contribution in [3.63, 3.8) is 0 Å². The second-order valence-corrected chi connectivity index (χ2v) is 11.7. The lowest BCUT2D eigenvalue weighted by atomic mass is 9.99. The molecule has 10 nitrogen and oxygen atoms in total. The van der Waals surface area contributed by atoms with Gasteiger partial charge in [0.05, 0.1) is 11.0 Å². The number of aromatic amines is 1. The van der Waals surface area contributed by atoms with Crippen molar-refractivity contribution in [3.8, 4) is 11.5 Å². The Balaban J connectivity index is 1.05. The molecule has 0 spiro atoms. The maximum atomic E-state index is 13.3. The second kappa shape index (κ2) is 10.6. The number of ether oxygens (including phenoxy) is 3. The highest BCUT2D eigenvalue weighted by atomic mass is 19.3. The topological polar surface area (TPSA) is 100 Å². The van der Waals surface area contributed by atoms with E-state index in [-0.39, 0.29) is 23.5 Å². The van der Waals surface area contributed by atoms with E-state index in [2.05, 4.69) is 24.3 Å². The summed E-state index contributed by atoms with van der Waals surface area (Å²) in [5.41, 5.74) is 3.93. The number of rotatable bonds is 4. The zero-order chi connectivity index (χ0) is 29.6. The standard InChI is InChI=1S/C30H33F2N5O5/c1-29(2,3)42-28(39)37-10-8-20(9-11-37)21-5-6-22-23(17-21)34-26(33-22)27(38)36-14-12-35(13-15-36)18-19-4-7-24-25(16-19)41-30(31,32)40-24/h4-8,16-17H,9-15,18H2,1-3H3,(H,33,34). The van der Waals surface area contributed by atoms with Gasteiger partial charge in [0, 0.05) is 45.8 Å². The van der Waals surface area contributed by atoms with Crippen LogP contribution in [0.5, 0.6) is 11.5 Å². The lowest BCUT2D eigenvalue weighted by molar-refractivity contribution is -0.286. The molecule has 2 amide bonds. The first-order valence-electron chi connectivity index (χ1n) is 14.0. The molecule has 0 unspecified atom stereocenters. The van der Waals surface area contributed by atoms with Gasteiger partial charge in [-0.15, -0.1) is 8.78 Å². The van der Waals surface area contributed by atoms with Gasteiger partial charge in [0.15, 0.2) is 17.3 Å². The summed E-state index contributed by atoms with van der Waals surface area (Å²) in [4.78, 5) is 39.0. The maximum Gasteiger partial charge on any atom is 0.586 e. The maximum absolute atomic E-state index is 13.3. The number of piperazine rings is 1. The van der Waals surface area contributed by atoms with Gasteiger partial charge in [-0.05, 0) is 68.2 Å². The van der Waals surface area contributed by atoms with Crippen LogP contribution >= 0.6 is 0 Å². The quantitative estimate of drug-likeness (QED) is 0.470. The van der Waals surface area contributed by atoms with Crippen LogP contribution in [-0.2, 0) is 11.3 Å². The normalized spacial score (nSPS) is 18.7. The molecule has 4 heterocycles. The molecule has 222 valence electrons. The lowest BCUT2D eigenvalue weighted by Crippen LogP contribution is -2.48. The summed E-state index contributed by atoms with van der Waals surface area (Å²) >= 11 is 0. The molecular weight excluding hydrogens is 548 g/mol. The van der Waals surface area contributed by atoms with Gasteiger partial charge in [0.25, 0.3) is 5.91 Å². The Morgan fingerprint density at radius 2 is 1.76 bits per heavy atom. The van der Waals surface area contributed by atoms with Gasteiger partial charge < -0.3 is 29.0 Å². The average Bonchev–Trinajstić information content (AvgIpc) is 3.50. The van der Waals surface area contributed by atoms with Crippen molar-refractivity contribution in [1.82, 2.24) is 24.7 Å². The first-order chi connectivity index (χ1) is 19.9. The third-order valence-electron chi connectivity index (χ3n) is 7.45. The molecule has 0 saturated carbocycles. The van der Waals surface area contributed by atoms with Crippen LogP contribution in [0.25, 0.3) is 16.6 Å². The number of amides is 2. The Morgan fingerprint density at radius 1 is 1.00 bits per heavy atom. The summed E-state index contributed by atoms with van der Waals surface area (Å²) in [6.07, 6.45) is -1.21. The number of alkyl halides is 2. The summed E-state index contributed by atoms with van der Waals surface area (Å²) in [6, 6.07) is 10.7. The highest BCUT2D eigenvalue weighted by Gasteiger charge is 2.43. The van der Waals surface area contributed by atoms with E-state index >= 15 is 0 Å². The molecule has 0 bridgehead atoms. The Morgan fingerprint density at radius 3 is 2.48 bits per heavy atom. The van der Waals surface area contributed by atoms with Crippen LogP contribution in [-0.4, -0.2) is 87.8 Å². The highest BCUT2D eigenvalue weighted by molar-refractivity contribution is 5.95. The van der Waals surface area contributed by atoms with Crippen molar-refractivity contribution >= 4 is 28.6 Å². The molecule has 42 heavy (non-hydrogen) atoms. The van der Waals surface area contributed by atoms with E-state index < -0.39 is 11.9 Å². The zero-order valence-electron chi connectivity index (χ0n) is 23.8. The number of aromatic nitrogens is 2. The van der Waals surface area contributed by atoms with Crippen LogP contribution in [0.1, 0.15) is 48.9 Å².